The summed E-state index contributed by atoms with van der Waals surface area (Å²) in [6.45, 7) is 5.24. The fourth-order valence-corrected chi connectivity index (χ4v) is 3.42. The van der Waals surface area contributed by atoms with Gasteiger partial charge in [-0.15, -0.1) is 0 Å². The van der Waals surface area contributed by atoms with E-state index in [9.17, 15) is 18.8 Å². The number of halogens is 1. The van der Waals surface area contributed by atoms with Crippen molar-refractivity contribution >= 4 is 29.5 Å². The number of carbonyl (C=O) groups is 3. The largest absolute Gasteiger partial charge is 0.484 e. The number of nitrogens with zero attached hydrogens (tertiary/aromatic N) is 1. The van der Waals surface area contributed by atoms with E-state index in [0.717, 1.165) is 0 Å². The summed E-state index contributed by atoms with van der Waals surface area (Å²) in [5, 5.41) is 2.74. The molecule has 3 rings (SSSR count). The van der Waals surface area contributed by atoms with Gasteiger partial charge in [-0.3, -0.25) is 14.5 Å². The Bertz CT molecular complexity index is 1120. The number of hydrogen-bond acceptors (Lipinski definition) is 5. The second kappa shape index (κ2) is 10.1. The van der Waals surface area contributed by atoms with Gasteiger partial charge in [-0.1, -0.05) is 12.1 Å². The Kier molecular flexibility index (Phi) is 7.27. The average Bonchev–Trinajstić information content (AvgIpc) is 3.02. The SMILES string of the molecule is COC(=O)C1=C(C)N(c2ccc(F)cc2)C(=O)/C1=C\c1ccc(OCC(=O)NC(C)C)cc1. The number of allylic oxidation sites excluding steroid dienone is 1. The van der Waals surface area contributed by atoms with Crippen molar-refractivity contribution in [2.45, 2.75) is 26.8 Å². The second-order valence-corrected chi connectivity index (χ2v) is 7.71. The van der Waals surface area contributed by atoms with Crippen molar-refractivity contribution in [1.82, 2.24) is 5.32 Å². The van der Waals surface area contributed by atoms with E-state index in [2.05, 4.69) is 5.32 Å². The standard InChI is InChI=1S/C25H25FN2O5/c1-15(2)27-22(29)14-33-20-11-5-17(6-12-20)13-21-23(25(31)32-4)16(3)28(24(21)30)19-9-7-18(26)8-10-19/h5-13,15H,14H2,1-4H3,(H,27,29)/b21-13-. The van der Waals surface area contributed by atoms with Crippen molar-refractivity contribution in [1.29, 1.82) is 0 Å². The van der Waals surface area contributed by atoms with E-state index < -0.39 is 17.7 Å². The maximum absolute atomic E-state index is 13.3. The van der Waals surface area contributed by atoms with Crippen molar-refractivity contribution in [2.24, 2.45) is 0 Å². The molecule has 0 radical (unpaired) electrons. The summed E-state index contributed by atoms with van der Waals surface area (Å²) in [6.07, 6.45) is 1.58. The molecule has 0 aliphatic carbocycles. The summed E-state index contributed by atoms with van der Waals surface area (Å²) >= 11 is 0. The topological polar surface area (TPSA) is 84.9 Å². The molecule has 7 nitrogen and oxygen atoms in total. The lowest BCUT2D eigenvalue weighted by molar-refractivity contribution is -0.136. The molecule has 1 heterocycles. The molecule has 1 aliphatic rings. The number of rotatable bonds is 7. The first-order valence-electron chi connectivity index (χ1n) is 10.3. The number of benzene rings is 2. The quantitative estimate of drug-likeness (QED) is 0.513. The molecular formula is C25H25FN2O5. The summed E-state index contributed by atoms with van der Waals surface area (Å²) in [6, 6.07) is 12.2. The molecule has 8 heteroatoms. The third kappa shape index (κ3) is 5.46. The highest BCUT2D eigenvalue weighted by atomic mass is 19.1. The third-order valence-electron chi connectivity index (χ3n) is 4.89. The van der Waals surface area contributed by atoms with E-state index in [0.29, 0.717) is 22.7 Å². The van der Waals surface area contributed by atoms with Crippen molar-refractivity contribution < 1.29 is 28.2 Å². The van der Waals surface area contributed by atoms with Crippen LogP contribution >= 0.6 is 0 Å². The van der Waals surface area contributed by atoms with Crippen LogP contribution in [0.3, 0.4) is 0 Å². The Morgan fingerprint density at radius 2 is 1.73 bits per heavy atom. The average molecular weight is 452 g/mol. The number of anilines is 1. The van der Waals surface area contributed by atoms with Gasteiger partial charge in [-0.25, -0.2) is 9.18 Å². The normalized spacial score (nSPS) is 14.8. The zero-order chi connectivity index (χ0) is 24.1. The number of esters is 1. The Balaban J connectivity index is 1.86. The van der Waals surface area contributed by atoms with Crippen LogP contribution in [0.5, 0.6) is 5.75 Å². The highest BCUT2D eigenvalue weighted by Gasteiger charge is 2.37. The summed E-state index contributed by atoms with van der Waals surface area (Å²) in [4.78, 5) is 38.8. The smallest absolute Gasteiger partial charge is 0.340 e. The van der Waals surface area contributed by atoms with Gasteiger partial charge in [-0.2, -0.15) is 0 Å². The molecule has 0 spiro atoms. The molecule has 0 aromatic heterocycles. The molecule has 0 bridgehead atoms. The molecule has 33 heavy (non-hydrogen) atoms. The van der Waals surface area contributed by atoms with Crippen molar-refractivity contribution in [3.63, 3.8) is 0 Å². The van der Waals surface area contributed by atoms with Gasteiger partial charge in [0.25, 0.3) is 11.8 Å². The van der Waals surface area contributed by atoms with E-state index in [1.807, 2.05) is 13.8 Å². The third-order valence-corrected chi connectivity index (χ3v) is 4.89. The van der Waals surface area contributed by atoms with E-state index in [-0.39, 0.29) is 29.7 Å². The number of amides is 2. The van der Waals surface area contributed by atoms with Crippen LogP contribution in [0.1, 0.15) is 26.3 Å². The molecular weight excluding hydrogens is 427 g/mol. The minimum atomic E-state index is -0.646. The van der Waals surface area contributed by atoms with Gasteiger partial charge in [-0.05, 0) is 68.8 Å². The zero-order valence-electron chi connectivity index (χ0n) is 18.8. The predicted octanol–water partition coefficient (Wildman–Crippen LogP) is 3.61. The van der Waals surface area contributed by atoms with Gasteiger partial charge in [0.2, 0.25) is 0 Å². The highest BCUT2D eigenvalue weighted by molar-refractivity contribution is 6.23. The first-order chi connectivity index (χ1) is 15.7. The van der Waals surface area contributed by atoms with Gasteiger partial charge >= 0.3 is 5.97 Å². The molecule has 172 valence electrons. The van der Waals surface area contributed by atoms with Crippen LogP contribution in [0.25, 0.3) is 6.08 Å². The summed E-state index contributed by atoms with van der Waals surface area (Å²) in [5.41, 5.74) is 1.77. The molecule has 2 aromatic carbocycles. The van der Waals surface area contributed by atoms with E-state index in [1.165, 1.54) is 36.3 Å². The highest BCUT2D eigenvalue weighted by Crippen LogP contribution is 2.35. The van der Waals surface area contributed by atoms with E-state index in [4.69, 9.17) is 9.47 Å². The van der Waals surface area contributed by atoms with Gasteiger partial charge in [0.1, 0.15) is 11.6 Å². The fraction of sp³-hybridized carbons (Fsp3) is 0.240. The molecule has 2 aromatic rings. The zero-order valence-corrected chi connectivity index (χ0v) is 18.8. The van der Waals surface area contributed by atoms with E-state index in [1.54, 1.807) is 37.3 Å². The van der Waals surface area contributed by atoms with Gasteiger partial charge in [0.05, 0.1) is 18.3 Å². The molecule has 2 amide bonds. The van der Waals surface area contributed by atoms with Crippen LogP contribution in [0.2, 0.25) is 0 Å². The molecule has 0 atom stereocenters. The van der Waals surface area contributed by atoms with Crippen LogP contribution in [-0.2, 0) is 19.1 Å². The lowest BCUT2D eigenvalue weighted by atomic mass is 10.0. The van der Waals surface area contributed by atoms with Gasteiger partial charge < -0.3 is 14.8 Å². The molecule has 0 fully saturated rings. The minimum absolute atomic E-state index is 0.0223. The Hall–Kier alpha value is -3.94. The number of nitrogens with one attached hydrogen (secondary N) is 1. The maximum Gasteiger partial charge on any atom is 0.340 e. The number of carbonyl (C=O) groups excluding carboxylic acids is 3. The van der Waals surface area contributed by atoms with Crippen LogP contribution in [0.15, 0.2) is 65.4 Å². The van der Waals surface area contributed by atoms with E-state index >= 15 is 0 Å². The fourth-order valence-electron chi connectivity index (χ4n) is 3.42. The summed E-state index contributed by atoms with van der Waals surface area (Å²) in [5.74, 6) is -1.24. The summed E-state index contributed by atoms with van der Waals surface area (Å²) in [7, 11) is 1.24. The first kappa shape index (κ1) is 23.7. The molecule has 1 aliphatic heterocycles. The van der Waals surface area contributed by atoms with Crippen LogP contribution < -0.4 is 15.0 Å². The first-order valence-corrected chi connectivity index (χ1v) is 10.3. The van der Waals surface area contributed by atoms with Gasteiger partial charge in [0.15, 0.2) is 6.61 Å². The number of hydrogen-bond donors (Lipinski definition) is 1. The lowest BCUT2D eigenvalue weighted by Crippen LogP contribution is -2.34. The Labute approximate surface area is 191 Å². The number of ether oxygens (including phenoxy) is 2. The molecule has 0 saturated carbocycles. The van der Waals surface area contributed by atoms with Crippen LogP contribution in [0, 0.1) is 5.82 Å². The summed E-state index contributed by atoms with van der Waals surface area (Å²) < 4.78 is 23.7. The predicted molar refractivity (Wildman–Crippen MR) is 122 cm³/mol. The van der Waals surface area contributed by atoms with Gasteiger partial charge in [0, 0.05) is 17.4 Å². The number of methoxy groups -OCH3 is 1. The van der Waals surface area contributed by atoms with Crippen molar-refractivity contribution in [3.8, 4) is 5.75 Å². The monoisotopic (exact) mass is 452 g/mol. The molecule has 0 saturated heterocycles. The minimum Gasteiger partial charge on any atom is -0.484 e. The van der Waals surface area contributed by atoms with Crippen LogP contribution in [-0.4, -0.2) is 37.5 Å². The molecule has 1 N–H and O–H groups in total. The van der Waals surface area contributed by atoms with Crippen LogP contribution in [0.4, 0.5) is 10.1 Å². The molecule has 0 unspecified atom stereocenters. The Morgan fingerprint density at radius 3 is 2.30 bits per heavy atom. The lowest BCUT2D eigenvalue weighted by Gasteiger charge is -2.17. The van der Waals surface area contributed by atoms with Crippen molar-refractivity contribution in [2.75, 3.05) is 18.6 Å². The maximum atomic E-state index is 13.3. The van der Waals surface area contributed by atoms with Crippen molar-refractivity contribution in [3.05, 3.63) is 76.8 Å². The second-order valence-electron chi connectivity index (χ2n) is 7.71. The Morgan fingerprint density at radius 1 is 1.09 bits per heavy atom.